The van der Waals surface area contributed by atoms with Gasteiger partial charge < -0.3 is 24.4 Å². The number of carbonyl (C=O) groups excluding carboxylic acids is 1. The van der Waals surface area contributed by atoms with Crippen molar-refractivity contribution in [2.24, 2.45) is 10.9 Å². The summed E-state index contributed by atoms with van der Waals surface area (Å²) in [6, 6.07) is 8.36. The lowest BCUT2D eigenvalue weighted by atomic mass is 9.74. The third-order valence-corrected chi connectivity index (χ3v) is 6.36. The number of aliphatic imine (C=N–C) groups is 1. The van der Waals surface area contributed by atoms with Gasteiger partial charge in [-0.25, -0.2) is 0 Å². The average Bonchev–Trinajstić information content (AvgIpc) is 2.82. The van der Waals surface area contributed by atoms with Crippen LogP contribution in [0.3, 0.4) is 0 Å². The topological polar surface area (TPSA) is 72.4 Å². The van der Waals surface area contributed by atoms with Crippen molar-refractivity contribution >= 4 is 11.9 Å². The summed E-state index contributed by atoms with van der Waals surface area (Å²) in [6.45, 7) is 8.88. The average molecular weight is 432 g/mol. The molecule has 3 rings (SSSR count). The van der Waals surface area contributed by atoms with Gasteiger partial charge in [0.2, 0.25) is 0 Å². The van der Waals surface area contributed by atoms with Gasteiger partial charge in [-0.1, -0.05) is 12.1 Å². The van der Waals surface area contributed by atoms with Crippen molar-refractivity contribution in [3.8, 4) is 5.75 Å². The van der Waals surface area contributed by atoms with Crippen molar-refractivity contribution in [1.82, 2.24) is 10.2 Å². The van der Waals surface area contributed by atoms with Crippen LogP contribution in [-0.4, -0.2) is 69.9 Å². The first-order chi connectivity index (χ1) is 15.1. The molecule has 0 aromatic heterocycles. The normalized spacial score (nSPS) is 21.5. The Morgan fingerprint density at radius 3 is 2.65 bits per heavy atom. The van der Waals surface area contributed by atoms with Crippen LogP contribution in [0.4, 0.5) is 0 Å². The predicted molar refractivity (Wildman–Crippen MR) is 122 cm³/mol. The number of hydrogen-bond acceptors (Lipinski definition) is 5. The molecule has 1 atom stereocenters. The predicted octanol–water partition coefficient (Wildman–Crippen LogP) is 2.98. The van der Waals surface area contributed by atoms with Crippen molar-refractivity contribution in [2.75, 3.05) is 53.1 Å². The molecule has 7 heteroatoms. The highest BCUT2D eigenvalue weighted by Gasteiger charge is 2.35. The maximum absolute atomic E-state index is 12.3. The number of methoxy groups -OCH3 is 1. The Morgan fingerprint density at radius 2 is 2.00 bits per heavy atom. The Bertz CT molecular complexity index is 729. The number of carbonyl (C=O) groups is 1. The van der Waals surface area contributed by atoms with E-state index in [9.17, 15) is 4.79 Å². The summed E-state index contributed by atoms with van der Waals surface area (Å²) in [5, 5.41) is 3.44. The van der Waals surface area contributed by atoms with E-state index in [1.165, 1.54) is 5.56 Å². The van der Waals surface area contributed by atoms with Crippen LogP contribution in [0.15, 0.2) is 29.3 Å². The van der Waals surface area contributed by atoms with Crippen molar-refractivity contribution < 1.29 is 19.0 Å². The molecule has 0 saturated carbocycles. The van der Waals surface area contributed by atoms with Crippen molar-refractivity contribution in [3.63, 3.8) is 0 Å². The molecule has 0 radical (unpaired) electrons. The Balaban J connectivity index is 1.79. The van der Waals surface area contributed by atoms with Gasteiger partial charge in [-0.15, -0.1) is 0 Å². The minimum Gasteiger partial charge on any atom is -0.497 e. The first kappa shape index (κ1) is 23.4. The molecular weight excluding hydrogens is 394 g/mol. The summed E-state index contributed by atoms with van der Waals surface area (Å²) >= 11 is 0. The molecule has 7 nitrogen and oxygen atoms in total. The summed E-state index contributed by atoms with van der Waals surface area (Å²) < 4.78 is 16.3. The van der Waals surface area contributed by atoms with E-state index in [4.69, 9.17) is 19.2 Å². The number of rotatable bonds is 7. The lowest BCUT2D eigenvalue weighted by molar-refractivity contribution is -0.149. The maximum Gasteiger partial charge on any atom is 0.310 e. The fourth-order valence-electron chi connectivity index (χ4n) is 4.52. The number of hydrogen-bond donors (Lipinski definition) is 1. The number of benzene rings is 1. The number of nitrogens with one attached hydrogen (secondary N) is 1. The van der Waals surface area contributed by atoms with E-state index in [-0.39, 0.29) is 17.3 Å². The zero-order valence-corrected chi connectivity index (χ0v) is 19.2. The summed E-state index contributed by atoms with van der Waals surface area (Å²) in [7, 11) is 1.69. The number of esters is 1. The number of nitrogens with zero attached hydrogens (tertiary/aromatic N) is 2. The minimum absolute atomic E-state index is 0.0540. The molecule has 2 aliphatic heterocycles. The van der Waals surface area contributed by atoms with E-state index in [0.29, 0.717) is 19.7 Å². The summed E-state index contributed by atoms with van der Waals surface area (Å²) in [5.74, 6) is 1.57. The Hall–Kier alpha value is -2.28. The van der Waals surface area contributed by atoms with Gasteiger partial charge in [0.15, 0.2) is 5.96 Å². The van der Waals surface area contributed by atoms with Crippen LogP contribution in [0.25, 0.3) is 0 Å². The van der Waals surface area contributed by atoms with Gasteiger partial charge in [0.05, 0.1) is 26.2 Å². The molecule has 1 unspecified atom stereocenters. The van der Waals surface area contributed by atoms with Gasteiger partial charge in [-0.3, -0.25) is 9.79 Å². The summed E-state index contributed by atoms with van der Waals surface area (Å²) in [6.07, 6.45) is 3.72. The molecule has 0 amide bonds. The first-order valence-electron chi connectivity index (χ1n) is 11.5. The van der Waals surface area contributed by atoms with Gasteiger partial charge in [0.1, 0.15) is 5.75 Å². The molecular formula is C24H37N3O4. The zero-order chi connectivity index (χ0) is 22.1. The lowest BCUT2D eigenvalue weighted by Crippen LogP contribution is -2.49. The van der Waals surface area contributed by atoms with Crippen LogP contribution >= 0.6 is 0 Å². The number of likely N-dealkylation sites (tertiary alicyclic amines) is 1. The van der Waals surface area contributed by atoms with E-state index < -0.39 is 0 Å². The van der Waals surface area contributed by atoms with Gasteiger partial charge in [-0.2, -0.15) is 0 Å². The van der Waals surface area contributed by atoms with Crippen LogP contribution < -0.4 is 10.1 Å². The molecule has 2 saturated heterocycles. The van der Waals surface area contributed by atoms with E-state index in [0.717, 1.165) is 63.7 Å². The third kappa shape index (κ3) is 5.91. The molecule has 2 aliphatic rings. The van der Waals surface area contributed by atoms with Crippen LogP contribution in [0, 0.1) is 5.92 Å². The molecule has 0 bridgehead atoms. The highest BCUT2D eigenvalue weighted by molar-refractivity contribution is 5.81. The first-order valence-corrected chi connectivity index (χ1v) is 11.5. The molecule has 0 spiro atoms. The molecule has 2 fully saturated rings. The minimum atomic E-state index is -0.0952. The van der Waals surface area contributed by atoms with Gasteiger partial charge >= 0.3 is 5.97 Å². The molecule has 1 N–H and O–H groups in total. The number of piperidine rings is 1. The largest absolute Gasteiger partial charge is 0.497 e. The van der Waals surface area contributed by atoms with Crippen LogP contribution in [0.2, 0.25) is 0 Å². The highest BCUT2D eigenvalue weighted by atomic mass is 16.5. The lowest BCUT2D eigenvalue weighted by Gasteiger charge is -2.38. The zero-order valence-electron chi connectivity index (χ0n) is 19.2. The van der Waals surface area contributed by atoms with E-state index >= 15 is 0 Å². The molecule has 1 aromatic carbocycles. The fourth-order valence-corrected chi connectivity index (χ4v) is 4.52. The number of guanidine groups is 1. The Kier molecular flexibility index (Phi) is 8.58. The van der Waals surface area contributed by atoms with Gasteiger partial charge in [0, 0.05) is 38.3 Å². The van der Waals surface area contributed by atoms with Gasteiger partial charge in [0.25, 0.3) is 0 Å². The SMILES string of the molecule is CCNC(=NCC1(c2ccc(OC)cc2)CCOCC1)N1CCCC(C(=O)OCC)C1. The van der Waals surface area contributed by atoms with Crippen LogP contribution in [-0.2, 0) is 19.7 Å². The van der Waals surface area contributed by atoms with Gasteiger partial charge in [-0.05, 0) is 57.2 Å². The molecule has 0 aliphatic carbocycles. The smallest absolute Gasteiger partial charge is 0.310 e. The summed E-state index contributed by atoms with van der Waals surface area (Å²) in [4.78, 5) is 19.6. The highest BCUT2D eigenvalue weighted by Crippen LogP contribution is 2.36. The number of ether oxygens (including phenoxy) is 3. The van der Waals surface area contributed by atoms with Crippen molar-refractivity contribution in [1.29, 1.82) is 0 Å². The maximum atomic E-state index is 12.3. The molecule has 2 heterocycles. The van der Waals surface area contributed by atoms with E-state index in [1.54, 1.807) is 7.11 Å². The fraction of sp³-hybridized carbons (Fsp3) is 0.667. The van der Waals surface area contributed by atoms with Crippen LogP contribution in [0.1, 0.15) is 45.1 Å². The quantitative estimate of drug-likeness (QED) is 0.407. The second-order valence-electron chi connectivity index (χ2n) is 8.33. The van der Waals surface area contributed by atoms with Crippen molar-refractivity contribution in [3.05, 3.63) is 29.8 Å². The van der Waals surface area contributed by atoms with Crippen LogP contribution in [0.5, 0.6) is 5.75 Å². The Labute approximate surface area is 186 Å². The monoisotopic (exact) mass is 431 g/mol. The Morgan fingerprint density at radius 1 is 1.26 bits per heavy atom. The summed E-state index contributed by atoms with van der Waals surface area (Å²) in [5.41, 5.74) is 1.22. The molecule has 1 aromatic rings. The molecule has 172 valence electrons. The third-order valence-electron chi connectivity index (χ3n) is 6.36. The van der Waals surface area contributed by atoms with E-state index in [1.807, 2.05) is 19.1 Å². The van der Waals surface area contributed by atoms with Crippen molar-refractivity contribution in [2.45, 2.75) is 44.9 Å². The second kappa shape index (κ2) is 11.4. The standard InChI is InChI=1S/C24H37N3O4/c1-4-25-23(27-14-6-7-19(17-27)22(28)31-5-2)26-18-24(12-15-30-16-13-24)20-8-10-21(29-3)11-9-20/h8-11,19H,4-7,12-18H2,1-3H3,(H,25,26). The molecule has 31 heavy (non-hydrogen) atoms. The van der Waals surface area contributed by atoms with E-state index in [2.05, 4.69) is 29.3 Å². The second-order valence-corrected chi connectivity index (χ2v) is 8.33.